The highest BCUT2D eigenvalue weighted by Crippen LogP contribution is 2.28. The number of nitrogens with zero attached hydrogens (tertiary/aromatic N) is 5. The van der Waals surface area contributed by atoms with Crippen molar-refractivity contribution < 1.29 is 14.3 Å². The van der Waals surface area contributed by atoms with Crippen LogP contribution in [0.4, 0.5) is 5.95 Å². The third-order valence-corrected chi connectivity index (χ3v) is 7.54. The number of piperazine rings is 1. The van der Waals surface area contributed by atoms with E-state index in [4.69, 9.17) is 19.4 Å². The second-order valence-electron chi connectivity index (χ2n) is 9.52. The average Bonchev–Trinajstić information content (AvgIpc) is 3.09. The Labute approximate surface area is 207 Å². The number of aromatic nitrogens is 2. The fourth-order valence-corrected chi connectivity index (χ4v) is 5.11. The summed E-state index contributed by atoms with van der Waals surface area (Å²) >= 11 is 0. The van der Waals surface area contributed by atoms with Crippen LogP contribution in [0.15, 0.2) is 30.5 Å². The molecule has 0 unspecified atom stereocenters. The SMILES string of the molecule is COc1ccc(C=CC(=O)N2CCc3cnc(N4CCN(C5CCC5)CC4)nc3CC2)cc1OC. The van der Waals surface area contributed by atoms with E-state index in [2.05, 4.69) is 9.80 Å². The quantitative estimate of drug-likeness (QED) is 0.593. The number of fused-ring (bicyclic) bond motifs is 1. The number of carbonyl (C=O) groups is 1. The summed E-state index contributed by atoms with van der Waals surface area (Å²) in [5.41, 5.74) is 3.12. The summed E-state index contributed by atoms with van der Waals surface area (Å²) in [4.78, 5) is 29.4. The second kappa shape index (κ2) is 10.6. The molecule has 8 nitrogen and oxygen atoms in total. The average molecular weight is 478 g/mol. The number of rotatable bonds is 6. The van der Waals surface area contributed by atoms with Gasteiger partial charge in [-0.3, -0.25) is 9.69 Å². The lowest BCUT2D eigenvalue weighted by Crippen LogP contribution is -2.52. The van der Waals surface area contributed by atoms with Gasteiger partial charge in [-0.2, -0.15) is 0 Å². The van der Waals surface area contributed by atoms with E-state index >= 15 is 0 Å². The van der Waals surface area contributed by atoms with Gasteiger partial charge < -0.3 is 19.3 Å². The Morgan fingerprint density at radius 1 is 1.00 bits per heavy atom. The predicted molar refractivity (Wildman–Crippen MR) is 136 cm³/mol. The molecule has 3 aliphatic rings. The molecule has 0 spiro atoms. The van der Waals surface area contributed by atoms with E-state index < -0.39 is 0 Å². The Morgan fingerprint density at radius 3 is 2.49 bits per heavy atom. The normalized spacial score (nSPS) is 19.3. The lowest BCUT2D eigenvalue weighted by atomic mass is 9.91. The van der Waals surface area contributed by atoms with Crippen LogP contribution in [0.2, 0.25) is 0 Å². The van der Waals surface area contributed by atoms with Gasteiger partial charge in [0.1, 0.15) is 0 Å². The van der Waals surface area contributed by atoms with Crippen LogP contribution >= 0.6 is 0 Å². The number of benzene rings is 1. The molecular formula is C27H35N5O3. The predicted octanol–water partition coefficient (Wildman–Crippen LogP) is 2.81. The highest BCUT2D eigenvalue weighted by atomic mass is 16.5. The summed E-state index contributed by atoms with van der Waals surface area (Å²) in [6, 6.07) is 6.42. The zero-order valence-electron chi connectivity index (χ0n) is 20.8. The van der Waals surface area contributed by atoms with Crippen molar-refractivity contribution >= 4 is 17.9 Å². The highest BCUT2D eigenvalue weighted by Gasteiger charge is 2.29. The fourth-order valence-electron chi connectivity index (χ4n) is 5.11. The van der Waals surface area contributed by atoms with E-state index in [1.807, 2.05) is 35.4 Å². The molecule has 0 atom stereocenters. The molecule has 2 aromatic rings. The van der Waals surface area contributed by atoms with Crippen LogP contribution in [0.25, 0.3) is 6.08 Å². The summed E-state index contributed by atoms with van der Waals surface area (Å²) in [5, 5.41) is 0. The van der Waals surface area contributed by atoms with E-state index in [1.54, 1.807) is 20.3 Å². The molecule has 1 aromatic carbocycles. The molecule has 3 heterocycles. The molecule has 1 aromatic heterocycles. The molecule has 0 radical (unpaired) electrons. The first kappa shape index (κ1) is 23.6. The molecule has 0 N–H and O–H groups in total. The molecule has 35 heavy (non-hydrogen) atoms. The fraction of sp³-hybridized carbons (Fsp3) is 0.519. The van der Waals surface area contributed by atoms with Crippen LogP contribution in [0.1, 0.15) is 36.1 Å². The first-order chi connectivity index (χ1) is 17.1. The van der Waals surface area contributed by atoms with E-state index in [9.17, 15) is 4.79 Å². The smallest absolute Gasteiger partial charge is 0.246 e. The van der Waals surface area contributed by atoms with Gasteiger partial charge in [-0.15, -0.1) is 0 Å². The third kappa shape index (κ3) is 5.27. The van der Waals surface area contributed by atoms with Gasteiger partial charge in [-0.1, -0.05) is 12.5 Å². The summed E-state index contributed by atoms with van der Waals surface area (Å²) in [7, 11) is 3.21. The molecule has 5 rings (SSSR count). The van der Waals surface area contributed by atoms with Gasteiger partial charge in [0.25, 0.3) is 0 Å². The molecule has 1 amide bonds. The maximum absolute atomic E-state index is 12.9. The molecule has 1 aliphatic carbocycles. The lowest BCUT2D eigenvalue weighted by Gasteiger charge is -2.43. The topological polar surface area (TPSA) is 71.0 Å². The number of amides is 1. The van der Waals surface area contributed by atoms with Crippen LogP contribution in [0.3, 0.4) is 0 Å². The highest BCUT2D eigenvalue weighted by molar-refractivity contribution is 5.92. The van der Waals surface area contributed by atoms with E-state index in [-0.39, 0.29) is 5.91 Å². The third-order valence-electron chi connectivity index (χ3n) is 7.54. The van der Waals surface area contributed by atoms with Crippen LogP contribution in [0, 0.1) is 0 Å². The standard InChI is InChI=1S/C27H35N5O3/c1-34-24-8-6-20(18-25(24)35-2)7-9-26(33)31-12-10-21-19-28-27(29-23(21)11-13-31)32-16-14-30(15-17-32)22-4-3-5-22/h6-9,18-19,22H,3-5,10-17H2,1-2H3. The Hall–Kier alpha value is -3.13. The molecular weight excluding hydrogens is 442 g/mol. The van der Waals surface area contributed by atoms with Crippen LogP contribution in [-0.4, -0.2) is 85.2 Å². The minimum atomic E-state index is 0.00731. The molecule has 186 valence electrons. The number of carbonyl (C=O) groups excluding carboxylic acids is 1. The molecule has 1 saturated heterocycles. The lowest BCUT2D eigenvalue weighted by molar-refractivity contribution is -0.125. The molecule has 2 aliphatic heterocycles. The Kier molecular flexibility index (Phi) is 7.18. The van der Waals surface area contributed by atoms with Crippen molar-refractivity contribution in [2.75, 3.05) is 58.4 Å². The first-order valence-corrected chi connectivity index (χ1v) is 12.7. The van der Waals surface area contributed by atoms with E-state index in [0.29, 0.717) is 24.6 Å². The zero-order valence-corrected chi connectivity index (χ0v) is 20.8. The maximum atomic E-state index is 12.9. The van der Waals surface area contributed by atoms with Crippen molar-refractivity contribution in [3.63, 3.8) is 0 Å². The number of ether oxygens (including phenoxy) is 2. The molecule has 1 saturated carbocycles. The summed E-state index contributed by atoms with van der Waals surface area (Å²) < 4.78 is 10.6. The van der Waals surface area contributed by atoms with Crippen molar-refractivity contribution in [1.29, 1.82) is 0 Å². The van der Waals surface area contributed by atoms with Gasteiger partial charge in [-0.05, 0) is 48.6 Å². The van der Waals surface area contributed by atoms with Crippen molar-refractivity contribution in [2.24, 2.45) is 0 Å². The van der Waals surface area contributed by atoms with Crippen LogP contribution in [-0.2, 0) is 17.6 Å². The minimum absolute atomic E-state index is 0.00731. The number of anilines is 1. The second-order valence-corrected chi connectivity index (χ2v) is 9.52. The number of hydrogen-bond donors (Lipinski definition) is 0. The molecule has 8 heteroatoms. The zero-order chi connectivity index (χ0) is 24.2. The van der Waals surface area contributed by atoms with Crippen molar-refractivity contribution in [3.8, 4) is 11.5 Å². The van der Waals surface area contributed by atoms with Crippen molar-refractivity contribution in [2.45, 2.75) is 38.1 Å². The van der Waals surface area contributed by atoms with Gasteiger partial charge in [0.15, 0.2) is 11.5 Å². The Morgan fingerprint density at radius 2 is 1.77 bits per heavy atom. The van der Waals surface area contributed by atoms with Gasteiger partial charge in [-0.25, -0.2) is 9.97 Å². The summed E-state index contributed by atoms with van der Waals surface area (Å²) in [5.74, 6) is 2.16. The van der Waals surface area contributed by atoms with Gasteiger partial charge in [0.2, 0.25) is 11.9 Å². The minimum Gasteiger partial charge on any atom is -0.493 e. The Bertz CT molecular complexity index is 1080. The largest absolute Gasteiger partial charge is 0.493 e. The van der Waals surface area contributed by atoms with Gasteiger partial charge in [0.05, 0.1) is 19.9 Å². The molecule has 2 fully saturated rings. The van der Waals surface area contributed by atoms with E-state index in [1.165, 1.54) is 19.3 Å². The maximum Gasteiger partial charge on any atom is 0.246 e. The Balaban J connectivity index is 1.19. The monoisotopic (exact) mass is 477 g/mol. The first-order valence-electron chi connectivity index (χ1n) is 12.7. The van der Waals surface area contributed by atoms with Crippen LogP contribution in [0.5, 0.6) is 11.5 Å². The molecule has 0 bridgehead atoms. The van der Waals surface area contributed by atoms with Crippen molar-refractivity contribution in [1.82, 2.24) is 19.8 Å². The van der Waals surface area contributed by atoms with Gasteiger partial charge in [0, 0.05) is 64.0 Å². The summed E-state index contributed by atoms with van der Waals surface area (Å²) in [6.07, 6.45) is 11.1. The van der Waals surface area contributed by atoms with E-state index in [0.717, 1.165) is 67.8 Å². The number of methoxy groups -OCH3 is 2. The van der Waals surface area contributed by atoms with Gasteiger partial charge >= 0.3 is 0 Å². The number of hydrogen-bond acceptors (Lipinski definition) is 7. The summed E-state index contributed by atoms with van der Waals surface area (Å²) in [6.45, 7) is 5.50. The van der Waals surface area contributed by atoms with Crippen LogP contribution < -0.4 is 14.4 Å². The van der Waals surface area contributed by atoms with Crippen molar-refractivity contribution in [3.05, 3.63) is 47.3 Å².